The largest absolute Gasteiger partial charge is 0.463 e. The van der Waals surface area contributed by atoms with Crippen molar-refractivity contribution in [2.45, 2.75) is 32.8 Å². The Hall–Kier alpha value is -1.75. The van der Waals surface area contributed by atoms with Crippen LogP contribution in [-0.4, -0.2) is 24.6 Å². The average Bonchev–Trinajstić information content (AvgIpc) is 2.37. The van der Waals surface area contributed by atoms with Crippen LogP contribution in [0.15, 0.2) is 18.2 Å². The molecule has 0 saturated heterocycles. The Morgan fingerprint density at radius 1 is 1.30 bits per heavy atom. The summed E-state index contributed by atoms with van der Waals surface area (Å²) in [5.74, 6) is -1.19. The van der Waals surface area contributed by atoms with E-state index in [9.17, 15) is 9.59 Å². The lowest BCUT2D eigenvalue weighted by molar-refractivity contribution is -0.153. The van der Waals surface area contributed by atoms with Crippen molar-refractivity contribution in [1.29, 1.82) is 0 Å². The Labute approximate surface area is 123 Å². The van der Waals surface area contributed by atoms with Crippen molar-refractivity contribution >= 4 is 29.2 Å². The van der Waals surface area contributed by atoms with Crippen LogP contribution in [-0.2, 0) is 14.3 Å². The zero-order valence-electron chi connectivity index (χ0n) is 11.5. The van der Waals surface area contributed by atoms with Crippen LogP contribution >= 0.6 is 11.6 Å². The summed E-state index contributed by atoms with van der Waals surface area (Å²) in [6, 6.07) is 4.41. The van der Waals surface area contributed by atoms with Crippen LogP contribution in [0.4, 0.5) is 5.69 Å². The number of carbonyl (C=O) groups is 2. The number of nitrogen functional groups attached to an aromatic ring is 1. The topological polar surface area (TPSA) is 78.6 Å². The maximum atomic E-state index is 12.0. The summed E-state index contributed by atoms with van der Waals surface area (Å²) in [7, 11) is 0. The summed E-state index contributed by atoms with van der Waals surface area (Å²) in [6.07, 6.45) is 0.183. The van der Waals surface area contributed by atoms with Gasteiger partial charge in [0.1, 0.15) is 0 Å². The monoisotopic (exact) mass is 299 g/mol. The Bertz CT molecular complexity index is 470. The van der Waals surface area contributed by atoms with Gasteiger partial charge in [-0.25, -0.2) is 9.59 Å². The van der Waals surface area contributed by atoms with Gasteiger partial charge in [0.25, 0.3) is 0 Å². The SMILES string of the molecule is CCCC(OC(=O)c1cc(N)cc(Cl)c1)C(=O)OCC. The maximum absolute atomic E-state index is 12.0. The molecule has 0 aliphatic carbocycles. The molecule has 1 aromatic rings. The number of esters is 2. The van der Waals surface area contributed by atoms with Crippen LogP contribution in [0.25, 0.3) is 0 Å². The van der Waals surface area contributed by atoms with E-state index in [2.05, 4.69) is 0 Å². The number of anilines is 1. The van der Waals surface area contributed by atoms with Crippen LogP contribution in [0.2, 0.25) is 5.02 Å². The number of hydrogen-bond donors (Lipinski definition) is 1. The molecule has 0 fully saturated rings. The van der Waals surface area contributed by atoms with Crippen molar-refractivity contribution in [3.63, 3.8) is 0 Å². The fourth-order valence-electron chi connectivity index (χ4n) is 1.65. The third kappa shape index (κ3) is 4.74. The first-order valence-electron chi connectivity index (χ1n) is 6.41. The number of rotatable bonds is 6. The van der Waals surface area contributed by atoms with Gasteiger partial charge in [-0.1, -0.05) is 24.9 Å². The van der Waals surface area contributed by atoms with E-state index in [1.807, 2.05) is 6.92 Å². The number of nitrogens with two attached hydrogens (primary N) is 1. The van der Waals surface area contributed by atoms with Gasteiger partial charge in [-0.05, 0) is 31.5 Å². The second kappa shape index (κ2) is 7.75. The smallest absolute Gasteiger partial charge is 0.347 e. The van der Waals surface area contributed by atoms with Crippen LogP contribution in [0.1, 0.15) is 37.0 Å². The zero-order valence-corrected chi connectivity index (χ0v) is 12.3. The van der Waals surface area contributed by atoms with E-state index in [1.165, 1.54) is 18.2 Å². The lowest BCUT2D eigenvalue weighted by Gasteiger charge is -2.16. The first kappa shape index (κ1) is 16.3. The first-order chi connectivity index (χ1) is 9.47. The van der Waals surface area contributed by atoms with E-state index in [0.29, 0.717) is 23.6 Å². The normalized spacial score (nSPS) is 11.8. The number of carbonyl (C=O) groups excluding carboxylic acids is 2. The standard InChI is InChI=1S/C14H18ClNO4/c1-3-5-12(14(18)19-4-2)20-13(17)9-6-10(15)8-11(16)7-9/h6-8,12H,3-5,16H2,1-2H3. The summed E-state index contributed by atoms with van der Waals surface area (Å²) in [6.45, 7) is 3.82. The molecule has 6 heteroatoms. The molecule has 0 amide bonds. The summed E-state index contributed by atoms with van der Waals surface area (Å²) in [4.78, 5) is 23.7. The molecule has 110 valence electrons. The Balaban J connectivity index is 2.82. The van der Waals surface area contributed by atoms with Gasteiger partial charge < -0.3 is 15.2 Å². The predicted octanol–water partition coefficient (Wildman–Crippen LogP) is 2.81. The van der Waals surface area contributed by atoms with E-state index >= 15 is 0 Å². The van der Waals surface area contributed by atoms with Crippen molar-refractivity contribution in [3.05, 3.63) is 28.8 Å². The number of hydrogen-bond acceptors (Lipinski definition) is 5. The van der Waals surface area contributed by atoms with Gasteiger partial charge in [0.2, 0.25) is 0 Å². The molecule has 20 heavy (non-hydrogen) atoms. The molecular formula is C14H18ClNO4. The van der Waals surface area contributed by atoms with Gasteiger partial charge in [-0.2, -0.15) is 0 Å². The number of benzene rings is 1. The van der Waals surface area contributed by atoms with E-state index in [1.54, 1.807) is 6.92 Å². The molecule has 0 aliphatic heterocycles. The second-order valence-electron chi connectivity index (χ2n) is 4.21. The molecule has 0 radical (unpaired) electrons. The molecule has 2 N–H and O–H groups in total. The molecular weight excluding hydrogens is 282 g/mol. The maximum Gasteiger partial charge on any atom is 0.347 e. The van der Waals surface area contributed by atoms with Crippen LogP contribution in [0.5, 0.6) is 0 Å². The highest BCUT2D eigenvalue weighted by molar-refractivity contribution is 6.31. The van der Waals surface area contributed by atoms with Crippen molar-refractivity contribution in [1.82, 2.24) is 0 Å². The van der Waals surface area contributed by atoms with Gasteiger partial charge in [0.05, 0.1) is 12.2 Å². The van der Waals surface area contributed by atoms with Gasteiger partial charge in [-0.15, -0.1) is 0 Å². The molecule has 5 nitrogen and oxygen atoms in total. The highest BCUT2D eigenvalue weighted by atomic mass is 35.5. The Kier molecular flexibility index (Phi) is 6.31. The summed E-state index contributed by atoms with van der Waals surface area (Å²) in [5.41, 5.74) is 6.17. The van der Waals surface area contributed by atoms with Gasteiger partial charge >= 0.3 is 11.9 Å². The van der Waals surface area contributed by atoms with Gasteiger partial charge in [0, 0.05) is 10.7 Å². The summed E-state index contributed by atoms with van der Waals surface area (Å²) < 4.78 is 10.0. The van der Waals surface area contributed by atoms with E-state index in [0.717, 1.165) is 0 Å². The molecule has 0 saturated carbocycles. The van der Waals surface area contributed by atoms with E-state index in [-0.39, 0.29) is 12.2 Å². The average molecular weight is 300 g/mol. The van der Waals surface area contributed by atoms with Gasteiger partial charge in [-0.3, -0.25) is 0 Å². The third-order valence-electron chi connectivity index (χ3n) is 2.51. The van der Waals surface area contributed by atoms with Crippen LogP contribution in [0, 0.1) is 0 Å². The molecule has 0 heterocycles. The van der Waals surface area contributed by atoms with Crippen LogP contribution in [0.3, 0.4) is 0 Å². The molecule has 1 aromatic carbocycles. The Morgan fingerprint density at radius 3 is 2.55 bits per heavy atom. The van der Waals surface area contributed by atoms with Crippen molar-refractivity contribution < 1.29 is 19.1 Å². The zero-order chi connectivity index (χ0) is 15.1. The highest BCUT2D eigenvalue weighted by Gasteiger charge is 2.24. The van der Waals surface area contributed by atoms with E-state index < -0.39 is 18.0 Å². The number of ether oxygens (including phenoxy) is 2. The van der Waals surface area contributed by atoms with Crippen molar-refractivity contribution in [2.24, 2.45) is 0 Å². The lowest BCUT2D eigenvalue weighted by Crippen LogP contribution is -2.29. The molecule has 0 spiro atoms. The minimum Gasteiger partial charge on any atom is -0.463 e. The summed E-state index contributed by atoms with van der Waals surface area (Å²) >= 11 is 5.82. The quantitative estimate of drug-likeness (QED) is 0.645. The molecule has 0 bridgehead atoms. The molecule has 1 atom stereocenters. The third-order valence-corrected chi connectivity index (χ3v) is 2.72. The fraction of sp³-hybridized carbons (Fsp3) is 0.429. The molecule has 1 unspecified atom stereocenters. The number of halogens is 1. The summed E-state index contributed by atoms with van der Waals surface area (Å²) in [5, 5.41) is 0.333. The Morgan fingerprint density at radius 2 is 2.00 bits per heavy atom. The molecule has 0 aromatic heterocycles. The molecule has 1 rings (SSSR count). The van der Waals surface area contributed by atoms with Crippen LogP contribution < -0.4 is 5.73 Å². The van der Waals surface area contributed by atoms with Gasteiger partial charge in [0.15, 0.2) is 6.10 Å². The predicted molar refractivity (Wildman–Crippen MR) is 76.6 cm³/mol. The van der Waals surface area contributed by atoms with Crippen molar-refractivity contribution in [2.75, 3.05) is 12.3 Å². The minimum atomic E-state index is -0.910. The minimum absolute atomic E-state index is 0.209. The van der Waals surface area contributed by atoms with E-state index in [4.69, 9.17) is 26.8 Å². The molecule has 0 aliphatic rings. The highest BCUT2D eigenvalue weighted by Crippen LogP contribution is 2.18. The lowest BCUT2D eigenvalue weighted by atomic mass is 10.2. The first-order valence-corrected chi connectivity index (χ1v) is 6.79. The fourth-order valence-corrected chi connectivity index (χ4v) is 1.89. The van der Waals surface area contributed by atoms with Crippen molar-refractivity contribution in [3.8, 4) is 0 Å². The second-order valence-corrected chi connectivity index (χ2v) is 4.64.